The highest BCUT2D eigenvalue weighted by Gasteiger charge is 2.24. The fourth-order valence-electron chi connectivity index (χ4n) is 3.83. The molecule has 0 spiro atoms. The Hall–Kier alpha value is -2.85. The number of hydrogen-bond donors (Lipinski definition) is 1. The van der Waals surface area contributed by atoms with Gasteiger partial charge in [0.05, 0.1) is 0 Å². The molecule has 0 radical (unpaired) electrons. The first-order chi connectivity index (χ1) is 16.6. The number of benzene rings is 1. The van der Waals surface area contributed by atoms with Crippen LogP contribution in [-0.2, 0) is 16.8 Å². The van der Waals surface area contributed by atoms with Gasteiger partial charge in [0, 0.05) is 12.1 Å². The number of carbonyl (C=O) groups is 1. The number of nitrogens with one attached hydrogen (secondary N) is 1. The molecule has 188 valence electrons. The normalized spacial score (nSPS) is 15.4. The van der Waals surface area contributed by atoms with Gasteiger partial charge >= 0.3 is 0 Å². The lowest BCUT2D eigenvalue weighted by molar-refractivity contribution is -0.127. The summed E-state index contributed by atoms with van der Waals surface area (Å²) in [7, 11) is 2.01. The van der Waals surface area contributed by atoms with Gasteiger partial charge in [-0.15, -0.1) is 0 Å². The Balaban J connectivity index is 1.37. The van der Waals surface area contributed by atoms with E-state index in [2.05, 4.69) is 41.0 Å². The van der Waals surface area contributed by atoms with Crippen molar-refractivity contribution >= 4 is 27.6 Å². The number of carbonyl (C=O) groups excluding carboxylic acids is 1. The van der Waals surface area contributed by atoms with Crippen LogP contribution in [0.1, 0.15) is 44.2 Å². The van der Waals surface area contributed by atoms with E-state index < -0.39 is 17.4 Å². The lowest BCUT2D eigenvalue weighted by atomic mass is 9.88. The average molecular weight is 505 g/mol. The lowest BCUT2D eigenvalue weighted by Crippen LogP contribution is -2.40. The van der Waals surface area contributed by atoms with Gasteiger partial charge in [-0.3, -0.25) is 4.79 Å². The minimum Gasteiger partial charge on any atom is -0.483 e. The quantitative estimate of drug-likeness (QED) is 0.473. The van der Waals surface area contributed by atoms with Crippen molar-refractivity contribution in [1.82, 2.24) is 20.2 Å². The van der Waals surface area contributed by atoms with Gasteiger partial charge in [-0.1, -0.05) is 32.1 Å². The zero-order valence-corrected chi connectivity index (χ0v) is 21.2. The molecule has 1 saturated heterocycles. The van der Waals surface area contributed by atoms with Gasteiger partial charge in [-0.25, -0.2) is 14.4 Å². The summed E-state index contributed by atoms with van der Waals surface area (Å²) in [6, 6.07) is 4.27. The van der Waals surface area contributed by atoms with Crippen molar-refractivity contribution < 1.29 is 23.0 Å². The van der Waals surface area contributed by atoms with Crippen molar-refractivity contribution in [3.05, 3.63) is 46.6 Å². The van der Waals surface area contributed by atoms with E-state index in [1.54, 1.807) is 0 Å². The standard InChI is InChI=1S/C25H30F2N4O3S/c1-25(2,3)16-11-18-24(28-12-16)35-20(30-18)13-33-19-6-5-17(26)22(21(19)27)34-14-29-23(32)15-7-9-31(4)10-8-15/h5-6,11-12,15H,7-10,13-14H2,1-4H3,(H,29,32). The maximum atomic E-state index is 14.9. The van der Waals surface area contributed by atoms with Crippen LogP contribution >= 0.6 is 11.3 Å². The first-order valence-electron chi connectivity index (χ1n) is 11.6. The van der Waals surface area contributed by atoms with E-state index in [1.165, 1.54) is 17.4 Å². The molecule has 1 N–H and O–H groups in total. The van der Waals surface area contributed by atoms with Crippen molar-refractivity contribution in [2.75, 3.05) is 26.9 Å². The second-order valence-electron chi connectivity index (χ2n) is 9.79. The van der Waals surface area contributed by atoms with Crippen LogP contribution in [0.5, 0.6) is 11.5 Å². The topological polar surface area (TPSA) is 76.6 Å². The summed E-state index contributed by atoms with van der Waals surface area (Å²) in [5, 5.41) is 3.23. The van der Waals surface area contributed by atoms with E-state index in [4.69, 9.17) is 9.47 Å². The SMILES string of the molecule is CN1CCC(C(=O)NCOc2c(F)ccc(OCc3nc4cc(C(C)(C)C)cnc4s3)c2F)CC1. The van der Waals surface area contributed by atoms with E-state index in [0.717, 1.165) is 47.9 Å². The molecule has 1 aliphatic heterocycles. The summed E-state index contributed by atoms with van der Waals surface area (Å²) >= 11 is 1.35. The summed E-state index contributed by atoms with van der Waals surface area (Å²) in [5.74, 6) is -2.89. The predicted octanol–water partition coefficient (Wildman–Crippen LogP) is 4.64. The highest BCUT2D eigenvalue weighted by atomic mass is 32.1. The van der Waals surface area contributed by atoms with Gasteiger partial charge in [0.2, 0.25) is 11.7 Å². The number of ether oxygens (including phenoxy) is 2. The van der Waals surface area contributed by atoms with Crippen molar-refractivity contribution in [2.24, 2.45) is 5.92 Å². The minimum absolute atomic E-state index is 0.000727. The monoisotopic (exact) mass is 504 g/mol. The largest absolute Gasteiger partial charge is 0.483 e. The van der Waals surface area contributed by atoms with E-state index in [9.17, 15) is 13.6 Å². The highest BCUT2D eigenvalue weighted by molar-refractivity contribution is 7.18. The molecule has 3 aromatic rings. The first-order valence-corrected chi connectivity index (χ1v) is 12.4. The second-order valence-corrected chi connectivity index (χ2v) is 10.9. The van der Waals surface area contributed by atoms with Gasteiger partial charge in [-0.2, -0.15) is 4.39 Å². The highest BCUT2D eigenvalue weighted by Crippen LogP contribution is 2.31. The molecule has 0 saturated carbocycles. The predicted molar refractivity (Wildman–Crippen MR) is 131 cm³/mol. The molecule has 2 aromatic heterocycles. The van der Waals surface area contributed by atoms with E-state index in [-0.39, 0.29) is 36.3 Å². The molecule has 1 fully saturated rings. The summed E-state index contributed by atoms with van der Waals surface area (Å²) in [4.78, 5) is 24.2. The van der Waals surface area contributed by atoms with Gasteiger partial charge in [0.15, 0.2) is 24.0 Å². The van der Waals surface area contributed by atoms with Crippen LogP contribution in [0.4, 0.5) is 8.78 Å². The van der Waals surface area contributed by atoms with E-state index in [0.29, 0.717) is 5.01 Å². The zero-order valence-electron chi connectivity index (χ0n) is 20.4. The van der Waals surface area contributed by atoms with Crippen molar-refractivity contribution in [3.63, 3.8) is 0 Å². The number of aromatic nitrogens is 2. The van der Waals surface area contributed by atoms with Gasteiger partial charge in [0.25, 0.3) is 0 Å². The Labute approximate surface area is 207 Å². The molecule has 0 aliphatic carbocycles. The Kier molecular flexibility index (Phi) is 7.51. The van der Waals surface area contributed by atoms with Crippen LogP contribution in [-0.4, -0.2) is 47.6 Å². The molecule has 0 atom stereocenters. The molecule has 3 heterocycles. The van der Waals surface area contributed by atoms with Crippen molar-refractivity contribution in [1.29, 1.82) is 0 Å². The fraction of sp³-hybridized carbons (Fsp3) is 0.480. The zero-order chi connectivity index (χ0) is 25.2. The molecule has 1 aliphatic rings. The molecular formula is C25H30F2N4O3S. The molecule has 10 heteroatoms. The average Bonchev–Trinajstić information content (AvgIpc) is 3.22. The van der Waals surface area contributed by atoms with Crippen LogP contribution < -0.4 is 14.8 Å². The first kappa shape index (κ1) is 25.2. The molecule has 0 bridgehead atoms. The third kappa shape index (κ3) is 6.05. The van der Waals surface area contributed by atoms with Crippen molar-refractivity contribution in [2.45, 2.75) is 45.6 Å². The number of rotatable bonds is 7. The summed E-state index contributed by atoms with van der Waals surface area (Å²) in [6.07, 6.45) is 3.32. The fourth-order valence-corrected chi connectivity index (χ4v) is 4.63. The maximum absolute atomic E-state index is 14.9. The number of fused-ring (bicyclic) bond motifs is 1. The van der Waals surface area contributed by atoms with E-state index in [1.807, 2.05) is 19.3 Å². The Bertz CT molecular complexity index is 1200. The number of nitrogens with zero attached hydrogens (tertiary/aromatic N) is 3. The minimum atomic E-state index is -0.965. The van der Waals surface area contributed by atoms with Gasteiger partial charge in [-0.05, 0) is 62.2 Å². The number of halogens is 2. The second kappa shape index (κ2) is 10.4. The molecule has 7 nitrogen and oxygen atoms in total. The Morgan fingerprint density at radius 2 is 1.97 bits per heavy atom. The van der Waals surface area contributed by atoms with Crippen molar-refractivity contribution in [3.8, 4) is 11.5 Å². The summed E-state index contributed by atoms with van der Waals surface area (Å²) < 4.78 is 40.0. The Morgan fingerprint density at radius 3 is 2.69 bits per heavy atom. The third-order valence-electron chi connectivity index (χ3n) is 6.07. The molecule has 4 rings (SSSR count). The molecular weight excluding hydrogens is 474 g/mol. The number of likely N-dealkylation sites (tertiary alicyclic amines) is 1. The van der Waals surface area contributed by atoms with Crippen LogP contribution in [0.25, 0.3) is 10.3 Å². The summed E-state index contributed by atoms with van der Waals surface area (Å²) in [5.41, 5.74) is 1.77. The molecule has 35 heavy (non-hydrogen) atoms. The number of hydrogen-bond acceptors (Lipinski definition) is 7. The van der Waals surface area contributed by atoms with Crippen LogP contribution in [0.2, 0.25) is 0 Å². The molecule has 1 amide bonds. The maximum Gasteiger partial charge on any atom is 0.225 e. The van der Waals surface area contributed by atoms with Gasteiger partial charge in [0.1, 0.15) is 22.0 Å². The lowest BCUT2D eigenvalue weighted by Gasteiger charge is -2.28. The van der Waals surface area contributed by atoms with E-state index >= 15 is 0 Å². The van der Waals surface area contributed by atoms with Crippen LogP contribution in [0, 0.1) is 17.6 Å². The number of amides is 1. The molecule has 0 unspecified atom stereocenters. The number of thiazole rings is 1. The Morgan fingerprint density at radius 1 is 1.23 bits per heavy atom. The third-order valence-corrected chi connectivity index (χ3v) is 7.03. The van der Waals surface area contributed by atoms with Crippen LogP contribution in [0.15, 0.2) is 24.4 Å². The van der Waals surface area contributed by atoms with Crippen LogP contribution in [0.3, 0.4) is 0 Å². The van der Waals surface area contributed by atoms with Gasteiger partial charge < -0.3 is 19.7 Å². The summed E-state index contributed by atoms with van der Waals surface area (Å²) in [6.45, 7) is 7.65. The molecule has 1 aromatic carbocycles. The number of pyridine rings is 1. The number of piperidine rings is 1. The smallest absolute Gasteiger partial charge is 0.225 e.